The Hall–Kier alpha value is -1.93. The van der Waals surface area contributed by atoms with Crippen LogP contribution in [0, 0.1) is 21.6 Å². The Morgan fingerprint density at radius 3 is 2.28 bits per heavy atom. The SMILES string of the molecule is C[Si](C)(C)C#CC(=O)Cc1ccc([N+](=O)[O-])cc1. The minimum Gasteiger partial charge on any atom is -0.285 e. The Labute approximate surface area is 107 Å². The summed E-state index contributed by atoms with van der Waals surface area (Å²) in [5.41, 5.74) is 3.78. The van der Waals surface area contributed by atoms with Crippen molar-refractivity contribution in [2.75, 3.05) is 0 Å². The molecule has 0 saturated carbocycles. The normalized spacial score (nSPS) is 10.4. The molecule has 0 amide bonds. The van der Waals surface area contributed by atoms with Crippen LogP contribution in [0.25, 0.3) is 0 Å². The summed E-state index contributed by atoms with van der Waals surface area (Å²) in [6.45, 7) is 6.21. The van der Waals surface area contributed by atoms with E-state index >= 15 is 0 Å². The van der Waals surface area contributed by atoms with Gasteiger partial charge in [0.05, 0.1) is 4.92 Å². The number of hydrogen-bond acceptors (Lipinski definition) is 3. The summed E-state index contributed by atoms with van der Waals surface area (Å²) >= 11 is 0. The second-order valence-electron chi connectivity index (χ2n) is 5.02. The van der Waals surface area contributed by atoms with Gasteiger partial charge < -0.3 is 0 Å². The first-order valence-corrected chi connectivity index (χ1v) is 9.07. The number of ketones is 1. The van der Waals surface area contributed by atoms with Crippen LogP contribution in [0.5, 0.6) is 0 Å². The minimum atomic E-state index is -1.53. The van der Waals surface area contributed by atoms with Crippen LogP contribution in [0.2, 0.25) is 19.6 Å². The van der Waals surface area contributed by atoms with Crippen LogP contribution in [-0.4, -0.2) is 18.8 Å². The third kappa shape index (κ3) is 4.93. The predicted molar refractivity (Wildman–Crippen MR) is 72.9 cm³/mol. The third-order valence-electron chi connectivity index (χ3n) is 2.09. The van der Waals surface area contributed by atoms with E-state index in [1.807, 2.05) is 0 Å². The highest BCUT2D eigenvalue weighted by atomic mass is 28.3. The van der Waals surface area contributed by atoms with Crippen LogP contribution in [0.15, 0.2) is 24.3 Å². The molecule has 0 heterocycles. The number of nitro benzene ring substituents is 1. The highest BCUT2D eigenvalue weighted by Crippen LogP contribution is 2.12. The van der Waals surface area contributed by atoms with E-state index < -0.39 is 13.0 Å². The summed E-state index contributed by atoms with van der Waals surface area (Å²) in [7, 11) is -1.53. The molecule has 4 nitrogen and oxygen atoms in total. The lowest BCUT2D eigenvalue weighted by Crippen LogP contribution is -2.17. The lowest BCUT2D eigenvalue weighted by molar-refractivity contribution is -0.384. The maximum Gasteiger partial charge on any atom is 0.269 e. The zero-order chi connectivity index (χ0) is 13.8. The average Bonchev–Trinajstić information content (AvgIpc) is 2.26. The van der Waals surface area contributed by atoms with Crippen LogP contribution in [-0.2, 0) is 11.2 Å². The van der Waals surface area contributed by atoms with Gasteiger partial charge in [0.25, 0.3) is 5.69 Å². The molecule has 0 aliphatic rings. The van der Waals surface area contributed by atoms with Crippen LogP contribution < -0.4 is 0 Å². The second kappa shape index (κ2) is 5.60. The smallest absolute Gasteiger partial charge is 0.269 e. The average molecular weight is 261 g/mol. The first-order valence-electron chi connectivity index (χ1n) is 5.57. The van der Waals surface area contributed by atoms with Gasteiger partial charge in [-0.3, -0.25) is 14.9 Å². The van der Waals surface area contributed by atoms with Crippen molar-refractivity contribution in [1.29, 1.82) is 0 Å². The number of hydrogen-bond donors (Lipinski definition) is 0. The van der Waals surface area contributed by atoms with E-state index in [0.717, 1.165) is 5.56 Å². The minimum absolute atomic E-state index is 0.0272. The Kier molecular flexibility index (Phi) is 4.40. The highest BCUT2D eigenvalue weighted by Gasteiger charge is 2.09. The summed E-state index contributed by atoms with van der Waals surface area (Å²) in [5.74, 6) is 2.50. The Morgan fingerprint density at radius 2 is 1.83 bits per heavy atom. The molecule has 5 heteroatoms. The Balaban J connectivity index is 2.70. The van der Waals surface area contributed by atoms with Gasteiger partial charge in [0.15, 0.2) is 0 Å². The fourth-order valence-corrected chi connectivity index (χ4v) is 1.74. The van der Waals surface area contributed by atoms with Crippen LogP contribution in [0.1, 0.15) is 5.56 Å². The van der Waals surface area contributed by atoms with Crippen molar-refractivity contribution in [2.24, 2.45) is 0 Å². The van der Waals surface area contributed by atoms with Crippen molar-refractivity contribution in [3.63, 3.8) is 0 Å². The van der Waals surface area contributed by atoms with E-state index in [9.17, 15) is 14.9 Å². The molecule has 94 valence electrons. The molecular formula is C13H15NO3Si. The van der Waals surface area contributed by atoms with Gasteiger partial charge >= 0.3 is 0 Å². The van der Waals surface area contributed by atoms with Crippen molar-refractivity contribution in [3.05, 3.63) is 39.9 Å². The summed E-state index contributed by atoms with van der Waals surface area (Å²) in [5, 5.41) is 10.5. The quantitative estimate of drug-likeness (QED) is 0.363. The summed E-state index contributed by atoms with van der Waals surface area (Å²) in [6.07, 6.45) is 0.204. The maximum absolute atomic E-state index is 11.6. The molecule has 0 radical (unpaired) electrons. The van der Waals surface area contributed by atoms with Crippen LogP contribution in [0.4, 0.5) is 5.69 Å². The van der Waals surface area contributed by atoms with E-state index in [2.05, 4.69) is 31.1 Å². The summed E-state index contributed by atoms with van der Waals surface area (Å²) in [6, 6.07) is 5.97. The molecule has 0 aromatic heterocycles. The third-order valence-corrected chi connectivity index (χ3v) is 2.96. The fraction of sp³-hybridized carbons (Fsp3) is 0.308. The molecule has 18 heavy (non-hydrogen) atoms. The van der Waals surface area contributed by atoms with Gasteiger partial charge in [-0.15, -0.1) is 5.54 Å². The second-order valence-corrected chi connectivity index (χ2v) is 9.77. The molecule has 0 spiro atoms. The van der Waals surface area contributed by atoms with Gasteiger partial charge in [0.1, 0.15) is 8.07 Å². The maximum atomic E-state index is 11.6. The largest absolute Gasteiger partial charge is 0.285 e. The van der Waals surface area contributed by atoms with Gasteiger partial charge in [-0.2, -0.15) is 0 Å². The topological polar surface area (TPSA) is 60.2 Å². The van der Waals surface area contributed by atoms with E-state index in [4.69, 9.17) is 0 Å². The number of rotatable bonds is 3. The fourth-order valence-electron chi connectivity index (χ4n) is 1.22. The predicted octanol–water partition coefficient (Wildman–Crippen LogP) is 2.59. The standard InChI is InChI=1S/C13H15NO3Si/c1-18(2,3)9-8-13(15)10-11-4-6-12(7-5-11)14(16)17/h4-7H,10H2,1-3H3. The molecule has 0 fully saturated rings. The van der Waals surface area contributed by atoms with Crippen LogP contribution >= 0.6 is 0 Å². The number of carbonyl (C=O) groups excluding carboxylic acids is 1. The van der Waals surface area contributed by atoms with E-state index in [1.165, 1.54) is 12.1 Å². The molecule has 0 saturated heterocycles. The zero-order valence-corrected chi connectivity index (χ0v) is 11.7. The van der Waals surface area contributed by atoms with Crippen molar-refractivity contribution < 1.29 is 9.72 Å². The highest BCUT2D eigenvalue weighted by molar-refractivity contribution is 6.84. The van der Waals surface area contributed by atoms with Gasteiger partial charge in [0.2, 0.25) is 5.78 Å². The number of non-ortho nitro benzene ring substituents is 1. The number of Topliss-reactive ketones (excluding diaryl/α,β-unsaturated/α-hetero) is 1. The van der Waals surface area contributed by atoms with Crippen LogP contribution in [0.3, 0.4) is 0 Å². The molecular weight excluding hydrogens is 246 g/mol. The number of benzene rings is 1. The van der Waals surface area contributed by atoms with Gasteiger partial charge in [-0.25, -0.2) is 0 Å². The number of nitrogens with zero attached hydrogens (tertiary/aromatic N) is 1. The molecule has 0 N–H and O–H groups in total. The molecule has 1 aromatic rings. The Bertz CT molecular complexity index is 518. The van der Waals surface area contributed by atoms with Crippen molar-refractivity contribution in [2.45, 2.75) is 26.1 Å². The van der Waals surface area contributed by atoms with E-state index in [1.54, 1.807) is 12.1 Å². The lowest BCUT2D eigenvalue weighted by Gasteiger charge is -2.03. The Morgan fingerprint density at radius 1 is 1.28 bits per heavy atom. The molecule has 0 bridgehead atoms. The molecule has 1 rings (SSSR count). The zero-order valence-electron chi connectivity index (χ0n) is 10.7. The molecule has 0 unspecified atom stereocenters. The van der Waals surface area contributed by atoms with Crippen molar-refractivity contribution >= 4 is 19.5 Å². The monoisotopic (exact) mass is 261 g/mol. The lowest BCUT2D eigenvalue weighted by atomic mass is 10.1. The number of nitro groups is 1. The van der Waals surface area contributed by atoms with Gasteiger partial charge in [-0.1, -0.05) is 31.8 Å². The van der Waals surface area contributed by atoms with Gasteiger partial charge in [-0.05, 0) is 11.5 Å². The number of carbonyl (C=O) groups is 1. The van der Waals surface area contributed by atoms with Gasteiger partial charge in [0, 0.05) is 18.6 Å². The summed E-state index contributed by atoms with van der Waals surface area (Å²) in [4.78, 5) is 21.6. The van der Waals surface area contributed by atoms with Crippen molar-refractivity contribution in [1.82, 2.24) is 0 Å². The van der Waals surface area contributed by atoms with E-state index in [0.29, 0.717) is 0 Å². The van der Waals surface area contributed by atoms with E-state index in [-0.39, 0.29) is 17.9 Å². The first kappa shape index (κ1) is 14.1. The molecule has 0 aliphatic heterocycles. The first-order chi connectivity index (χ1) is 8.28. The molecule has 1 aromatic carbocycles. The van der Waals surface area contributed by atoms with Crippen molar-refractivity contribution in [3.8, 4) is 11.5 Å². The molecule has 0 atom stereocenters. The summed E-state index contributed by atoms with van der Waals surface area (Å²) < 4.78 is 0. The molecule has 0 aliphatic carbocycles.